The molecule has 1 aromatic carbocycles. The van der Waals surface area contributed by atoms with Crippen LogP contribution in [-0.4, -0.2) is 5.78 Å². The normalized spacial score (nSPS) is 11.5. The Kier molecular flexibility index (Phi) is 3.90. The number of hydrogen-bond donors (Lipinski definition) is 0. The van der Waals surface area contributed by atoms with Crippen LogP contribution in [-0.2, 0) is 4.79 Å². The van der Waals surface area contributed by atoms with Gasteiger partial charge in [0.05, 0.1) is 0 Å². The molecule has 0 fully saturated rings. The van der Waals surface area contributed by atoms with Crippen molar-refractivity contribution in [1.29, 1.82) is 0 Å². The van der Waals surface area contributed by atoms with Crippen LogP contribution in [0.1, 0.15) is 25.8 Å². The van der Waals surface area contributed by atoms with Crippen LogP contribution in [0.2, 0.25) is 5.02 Å². The first-order valence-electron chi connectivity index (χ1n) is 4.60. The highest BCUT2D eigenvalue weighted by Gasteiger charge is 2.00. The molecule has 0 atom stereocenters. The topological polar surface area (TPSA) is 17.1 Å². The SMILES string of the molecule is CCC(=O)/C(C)=C/c1ccc(Cl)cc1. The first kappa shape index (κ1) is 11.0. The summed E-state index contributed by atoms with van der Waals surface area (Å²) in [6, 6.07) is 7.43. The summed E-state index contributed by atoms with van der Waals surface area (Å²) in [5.41, 5.74) is 1.79. The largest absolute Gasteiger partial charge is 0.295 e. The quantitative estimate of drug-likeness (QED) is 0.692. The molecule has 0 aliphatic rings. The number of ketones is 1. The number of carbonyl (C=O) groups is 1. The fraction of sp³-hybridized carbons (Fsp3) is 0.250. The minimum absolute atomic E-state index is 0.181. The summed E-state index contributed by atoms with van der Waals surface area (Å²) in [5, 5.41) is 0.710. The van der Waals surface area contributed by atoms with Gasteiger partial charge in [-0.1, -0.05) is 30.7 Å². The van der Waals surface area contributed by atoms with E-state index in [1.807, 2.05) is 44.2 Å². The van der Waals surface area contributed by atoms with E-state index in [0.717, 1.165) is 11.1 Å². The van der Waals surface area contributed by atoms with E-state index in [9.17, 15) is 4.79 Å². The zero-order chi connectivity index (χ0) is 10.6. The van der Waals surface area contributed by atoms with E-state index in [2.05, 4.69) is 0 Å². The van der Waals surface area contributed by atoms with Gasteiger partial charge in [0.1, 0.15) is 0 Å². The first-order valence-corrected chi connectivity index (χ1v) is 4.98. The molecule has 2 heteroatoms. The van der Waals surface area contributed by atoms with Crippen LogP contribution in [0.5, 0.6) is 0 Å². The molecule has 0 N–H and O–H groups in total. The second kappa shape index (κ2) is 4.97. The van der Waals surface area contributed by atoms with Gasteiger partial charge in [0, 0.05) is 11.4 Å². The molecule has 1 rings (SSSR count). The molecule has 0 spiro atoms. The maximum Gasteiger partial charge on any atom is 0.158 e. The number of rotatable bonds is 3. The summed E-state index contributed by atoms with van der Waals surface area (Å²) in [4.78, 5) is 11.3. The molecule has 0 unspecified atom stereocenters. The molecule has 0 aliphatic heterocycles. The number of Topliss-reactive ketones (excluding diaryl/α,β-unsaturated/α-hetero) is 1. The zero-order valence-electron chi connectivity index (χ0n) is 8.38. The summed E-state index contributed by atoms with van der Waals surface area (Å²) < 4.78 is 0. The standard InChI is InChI=1S/C12H13ClO/c1-3-12(14)9(2)8-10-4-6-11(13)7-5-10/h4-8H,3H2,1-2H3/b9-8+. The van der Waals surface area contributed by atoms with Crippen molar-refractivity contribution in [2.75, 3.05) is 0 Å². The van der Waals surface area contributed by atoms with Gasteiger partial charge in [-0.05, 0) is 36.3 Å². The van der Waals surface area contributed by atoms with Gasteiger partial charge in [-0.25, -0.2) is 0 Å². The van der Waals surface area contributed by atoms with Crippen LogP contribution in [0.25, 0.3) is 6.08 Å². The van der Waals surface area contributed by atoms with E-state index in [-0.39, 0.29) is 5.78 Å². The second-order valence-corrected chi connectivity index (χ2v) is 3.59. The van der Waals surface area contributed by atoms with Gasteiger partial charge in [0.2, 0.25) is 0 Å². The molecule has 14 heavy (non-hydrogen) atoms. The average molecular weight is 209 g/mol. The van der Waals surface area contributed by atoms with E-state index in [4.69, 9.17) is 11.6 Å². The Morgan fingerprint density at radius 1 is 1.36 bits per heavy atom. The molecule has 0 saturated heterocycles. The summed E-state index contributed by atoms with van der Waals surface area (Å²) >= 11 is 5.75. The maximum absolute atomic E-state index is 11.3. The Balaban J connectivity index is 2.86. The van der Waals surface area contributed by atoms with Crippen molar-refractivity contribution in [3.05, 3.63) is 40.4 Å². The maximum atomic E-state index is 11.3. The average Bonchev–Trinajstić information content (AvgIpc) is 2.20. The van der Waals surface area contributed by atoms with Gasteiger partial charge < -0.3 is 0 Å². The van der Waals surface area contributed by atoms with Crippen LogP contribution in [0, 0.1) is 0 Å². The fourth-order valence-electron chi connectivity index (χ4n) is 1.17. The highest BCUT2D eigenvalue weighted by atomic mass is 35.5. The van der Waals surface area contributed by atoms with Crippen molar-refractivity contribution in [2.45, 2.75) is 20.3 Å². The predicted molar refractivity (Wildman–Crippen MR) is 60.4 cm³/mol. The third-order valence-corrected chi connectivity index (χ3v) is 2.27. The monoisotopic (exact) mass is 208 g/mol. The lowest BCUT2D eigenvalue weighted by atomic mass is 10.1. The summed E-state index contributed by atoms with van der Waals surface area (Å²) in [6.45, 7) is 3.70. The van der Waals surface area contributed by atoms with Gasteiger partial charge in [0.25, 0.3) is 0 Å². The molecule has 0 heterocycles. The Bertz CT molecular complexity index is 349. The summed E-state index contributed by atoms with van der Waals surface area (Å²) in [6.07, 6.45) is 2.43. The van der Waals surface area contributed by atoms with Crippen LogP contribution in [0.3, 0.4) is 0 Å². The van der Waals surface area contributed by atoms with Crippen molar-refractivity contribution >= 4 is 23.5 Å². The molecule has 0 aromatic heterocycles. The minimum atomic E-state index is 0.181. The molecular weight excluding hydrogens is 196 g/mol. The number of benzene rings is 1. The molecule has 0 radical (unpaired) electrons. The van der Waals surface area contributed by atoms with Crippen LogP contribution < -0.4 is 0 Å². The Labute approximate surface area is 89.4 Å². The van der Waals surface area contributed by atoms with Gasteiger partial charge in [-0.2, -0.15) is 0 Å². The van der Waals surface area contributed by atoms with Crippen LogP contribution in [0.15, 0.2) is 29.8 Å². The zero-order valence-corrected chi connectivity index (χ0v) is 9.14. The Hall–Kier alpha value is -1.08. The van der Waals surface area contributed by atoms with E-state index in [1.165, 1.54) is 0 Å². The van der Waals surface area contributed by atoms with Crippen molar-refractivity contribution in [3.8, 4) is 0 Å². The lowest BCUT2D eigenvalue weighted by Gasteiger charge is -1.98. The first-order chi connectivity index (χ1) is 6.63. The highest BCUT2D eigenvalue weighted by Crippen LogP contribution is 2.13. The van der Waals surface area contributed by atoms with E-state index in [1.54, 1.807) is 0 Å². The van der Waals surface area contributed by atoms with Crippen molar-refractivity contribution < 1.29 is 4.79 Å². The summed E-state index contributed by atoms with van der Waals surface area (Å²) in [7, 11) is 0. The predicted octanol–water partition coefficient (Wildman–Crippen LogP) is 3.72. The molecular formula is C12H13ClO. The molecule has 0 saturated carbocycles. The van der Waals surface area contributed by atoms with E-state index < -0.39 is 0 Å². The Morgan fingerprint density at radius 2 is 1.93 bits per heavy atom. The van der Waals surface area contributed by atoms with Gasteiger partial charge in [-0.3, -0.25) is 4.79 Å². The highest BCUT2D eigenvalue weighted by molar-refractivity contribution is 6.30. The minimum Gasteiger partial charge on any atom is -0.295 e. The number of halogens is 1. The van der Waals surface area contributed by atoms with Crippen molar-refractivity contribution in [2.24, 2.45) is 0 Å². The number of carbonyl (C=O) groups excluding carboxylic acids is 1. The number of allylic oxidation sites excluding steroid dienone is 1. The van der Waals surface area contributed by atoms with Gasteiger partial charge >= 0.3 is 0 Å². The molecule has 0 bridgehead atoms. The molecule has 74 valence electrons. The molecule has 1 aromatic rings. The lowest BCUT2D eigenvalue weighted by Crippen LogP contribution is -1.95. The number of hydrogen-bond acceptors (Lipinski definition) is 1. The fourth-order valence-corrected chi connectivity index (χ4v) is 1.29. The Morgan fingerprint density at radius 3 is 2.43 bits per heavy atom. The summed E-state index contributed by atoms with van der Waals surface area (Å²) in [5.74, 6) is 0.181. The van der Waals surface area contributed by atoms with E-state index in [0.29, 0.717) is 11.4 Å². The molecule has 0 aliphatic carbocycles. The third-order valence-electron chi connectivity index (χ3n) is 2.01. The third kappa shape index (κ3) is 3.00. The molecule has 1 nitrogen and oxygen atoms in total. The van der Waals surface area contributed by atoms with Gasteiger partial charge in [0.15, 0.2) is 5.78 Å². The molecule has 0 amide bonds. The van der Waals surface area contributed by atoms with Gasteiger partial charge in [-0.15, -0.1) is 0 Å². The van der Waals surface area contributed by atoms with Crippen molar-refractivity contribution in [3.63, 3.8) is 0 Å². The second-order valence-electron chi connectivity index (χ2n) is 3.16. The van der Waals surface area contributed by atoms with Crippen LogP contribution >= 0.6 is 11.6 Å². The lowest BCUT2D eigenvalue weighted by molar-refractivity contribution is -0.115. The van der Waals surface area contributed by atoms with E-state index >= 15 is 0 Å². The van der Waals surface area contributed by atoms with Crippen molar-refractivity contribution in [1.82, 2.24) is 0 Å². The van der Waals surface area contributed by atoms with Crippen LogP contribution in [0.4, 0.5) is 0 Å². The smallest absolute Gasteiger partial charge is 0.158 e.